The number of rotatable bonds is 1. The Kier molecular flexibility index (Phi) is 3.38. The third-order valence-electron chi connectivity index (χ3n) is 5.62. The zero-order chi connectivity index (χ0) is 15.4. The molecular weight excluding hydrogens is 318 g/mol. The summed E-state index contributed by atoms with van der Waals surface area (Å²) in [5, 5.41) is 2.08. The maximum atomic E-state index is 13.0. The summed E-state index contributed by atoms with van der Waals surface area (Å²) in [5.41, 5.74) is 1.10. The van der Waals surface area contributed by atoms with Gasteiger partial charge in [-0.2, -0.15) is 0 Å². The van der Waals surface area contributed by atoms with Crippen molar-refractivity contribution in [3.63, 3.8) is 0 Å². The number of nitrogens with zero attached hydrogens (tertiary/aromatic N) is 1. The number of fused-ring (bicyclic) bond motifs is 1. The van der Waals surface area contributed by atoms with Crippen molar-refractivity contribution in [2.45, 2.75) is 38.5 Å². The molecule has 4 nitrogen and oxygen atoms in total. The number of carbonyl (C=O) groups is 1. The summed E-state index contributed by atoms with van der Waals surface area (Å²) in [4.78, 5) is 16.3. The van der Waals surface area contributed by atoms with E-state index in [0.717, 1.165) is 37.9 Å². The van der Waals surface area contributed by atoms with Crippen LogP contribution in [-0.4, -0.2) is 32.4 Å². The molecule has 22 heavy (non-hydrogen) atoms. The molecule has 3 heterocycles. The van der Waals surface area contributed by atoms with Gasteiger partial charge in [0.2, 0.25) is 5.91 Å². The Morgan fingerprint density at radius 2 is 2.05 bits per heavy atom. The molecule has 2 fully saturated rings. The van der Waals surface area contributed by atoms with Gasteiger partial charge in [-0.3, -0.25) is 4.79 Å². The van der Waals surface area contributed by atoms with E-state index in [0.29, 0.717) is 12.8 Å². The molecule has 2 aliphatic heterocycles. The minimum atomic E-state index is -2.86. The highest BCUT2D eigenvalue weighted by Crippen LogP contribution is 2.60. The first-order valence-electron chi connectivity index (χ1n) is 8.09. The van der Waals surface area contributed by atoms with Gasteiger partial charge in [-0.25, -0.2) is 8.42 Å². The van der Waals surface area contributed by atoms with Crippen molar-refractivity contribution in [3.05, 3.63) is 16.3 Å². The van der Waals surface area contributed by atoms with Crippen LogP contribution in [0, 0.1) is 11.3 Å². The molecular formula is C16H21NO3S2. The molecule has 1 aromatic heterocycles. The number of sulfone groups is 1. The molecule has 1 aromatic rings. The van der Waals surface area contributed by atoms with E-state index in [-0.39, 0.29) is 28.7 Å². The summed E-state index contributed by atoms with van der Waals surface area (Å²) in [5.74, 6) is 0.815. The maximum Gasteiger partial charge on any atom is 0.230 e. The highest BCUT2D eigenvalue weighted by atomic mass is 32.2. The summed E-state index contributed by atoms with van der Waals surface area (Å²) in [7, 11) is -2.86. The Bertz CT molecular complexity index is 693. The molecule has 1 saturated carbocycles. The van der Waals surface area contributed by atoms with Gasteiger partial charge in [0.25, 0.3) is 0 Å². The van der Waals surface area contributed by atoms with Gasteiger partial charge in [0.1, 0.15) is 9.84 Å². The zero-order valence-electron chi connectivity index (χ0n) is 12.6. The van der Waals surface area contributed by atoms with Crippen LogP contribution < -0.4 is 4.90 Å². The number of anilines is 1. The van der Waals surface area contributed by atoms with Gasteiger partial charge in [-0.05, 0) is 55.4 Å². The lowest BCUT2D eigenvalue weighted by atomic mass is 9.95. The number of hydrogen-bond acceptors (Lipinski definition) is 4. The molecule has 1 atom stereocenters. The summed E-state index contributed by atoms with van der Waals surface area (Å²) in [6.07, 6.45) is 5.51. The average molecular weight is 339 g/mol. The number of thiophene rings is 1. The third-order valence-corrected chi connectivity index (χ3v) is 8.25. The topological polar surface area (TPSA) is 54.5 Å². The first kappa shape index (κ1) is 14.7. The summed E-state index contributed by atoms with van der Waals surface area (Å²) >= 11 is 1.75. The summed E-state index contributed by atoms with van der Waals surface area (Å²) < 4.78 is 23.2. The van der Waals surface area contributed by atoms with Crippen molar-refractivity contribution >= 4 is 32.8 Å². The minimum absolute atomic E-state index is 0.00904. The van der Waals surface area contributed by atoms with Gasteiger partial charge in [-0.15, -0.1) is 11.3 Å². The maximum absolute atomic E-state index is 13.0. The van der Waals surface area contributed by atoms with Gasteiger partial charge in [0.05, 0.1) is 17.2 Å². The van der Waals surface area contributed by atoms with Crippen molar-refractivity contribution in [2.75, 3.05) is 23.0 Å². The van der Waals surface area contributed by atoms with Crippen LogP contribution in [0.5, 0.6) is 0 Å². The molecule has 6 heteroatoms. The van der Waals surface area contributed by atoms with Crippen LogP contribution in [0.1, 0.15) is 37.0 Å². The number of carbonyl (C=O) groups excluding carboxylic acids is 1. The SMILES string of the molecule is O=C(C1CC12CCS(=O)(=O)CC2)N1CCCCc2sccc21. The molecule has 4 rings (SSSR count). The Labute approximate surface area is 135 Å². The third kappa shape index (κ3) is 2.40. The quantitative estimate of drug-likeness (QED) is 0.790. The van der Waals surface area contributed by atoms with Crippen LogP contribution in [-0.2, 0) is 21.1 Å². The average Bonchev–Trinajstić information content (AvgIpc) is 3.10. The lowest BCUT2D eigenvalue weighted by molar-refractivity contribution is -0.120. The lowest BCUT2D eigenvalue weighted by Crippen LogP contribution is -2.36. The zero-order valence-corrected chi connectivity index (χ0v) is 14.2. The van der Waals surface area contributed by atoms with E-state index < -0.39 is 9.84 Å². The van der Waals surface area contributed by atoms with E-state index in [1.807, 2.05) is 4.90 Å². The molecule has 1 saturated heterocycles. The highest BCUT2D eigenvalue weighted by Gasteiger charge is 2.60. The van der Waals surface area contributed by atoms with Crippen LogP contribution in [0.3, 0.4) is 0 Å². The number of hydrogen-bond donors (Lipinski definition) is 0. The smallest absolute Gasteiger partial charge is 0.230 e. The van der Waals surface area contributed by atoms with Crippen molar-refractivity contribution in [1.29, 1.82) is 0 Å². The molecule has 0 aromatic carbocycles. The predicted molar refractivity (Wildman–Crippen MR) is 88.0 cm³/mol. The monoisotopic (exact) mass is 339 g/mol. The second-order valence-corrected chi connectivity index (χ2v) is 10.3. The Morgan fingerprint density at radius 3 is 2.82 bits per heavy atom. The molecule has 3 aliphatic rings. The van der Waals surface area contributed by atoms with Crippen LogP contribution in [0.25, 0.3) is 0 Å². The molecule has 120 valence electrons. The number of aryl methyl sites for hydroxylation is 1. The fraction of sp³-hybridized carbons (Fsp3) is 0.688. The second kappa shape index (κ2) is 5.06. The normalized spacial score (nSPS) is 28.9. The van der Waals surface area contributed by atoms with Crippen molar-refractivity contribution < 1.29 is 13.2 Å². The van der Waals surface area contributed by atoms with E-state index in [4.69, 9.17) is 0 Å². The van der Waals surface area contributed by atoms with Crippen molar-refractivity contribution in [1.82, 2.24) is 0 Å². The van der Waals surface area contributed by atoms with Crippen molar-refractivity contribution in [3.8, 4) is 0 Å². The van der Waals surface area contributed by atoms with Crippen LogP contribution >= 0.6 is 11.3 Å². The van der Waals surface area contributed by atoms with Gasteiger partial charge in [0.15, 0.2) is 0 Å². The molecule has 1 spiro atoms. The van der Waals surface area contributed by atoms with Gasteiger partial charge < -0.3 is 4.90 Å². The molecule has 1 aliphatic carbocycles. The molecule has 0 bridgehead atoms. The summed E-state index contributed by atoms with van der Waals surface area (Å²) in [6, 6.07) is 2.07. The molecule has 1 unspecified atom stereocenters. The van der Waals surface area contributed by atoms with E-state index in [9.17, 15) is 13.2 Å². The van der Waals surface area contributed by atoms with Crippen LogP contribution in [0.2, 0.25) is 0 Å². The first-order chi connectivity index (χ1) is 10.5. The van der Waals surface area contributed by atoms with Gasteiger partial charge in [0, 0.05) is 17.3 Å². The fourth-order valence-corrected chi connectivity index (χ4v) is 6.61. The van der Waals surface area contributed by atoms with E-state index in [2.05, 4.69) is 11.4 Å². The summed E-state index contributed by atoms with van der Waals surface area (Å²) in [6.45, 7) is 0.813. The highest BCUT2D eigenvalue weighted by molar-refractivity contribution is 7.91. The van der Waals surface area contributed by atoms with E-state index in [1.165, 1.54) is 4.88 Å². The Morgan fingerprint density at radius 1 is 1.27 bits per heavy atom. The standard InChI is InChI=1S/C16H21NO3S2/c18-15(12-11-16(12)5-9-22(19,20)10-6-16)17-7-2-1-3-14-13(17)4-8-21-14/h4,8,12H,1-3,5-7,9-11H2. The first-order valence-corrected chi connectivity index (χ1v) is 10.8. The van der Waals surface area contributed by atoms with Crippen LogP contribution in [0.15, 0.2) is 11.4 Å². The minimum Gasteiger partial charge on any atom is -0.311 e. The predicted octanol–water partition coefficient (Wildman–Crippen LogP) is 2.63. The largest absolute Gasteiger partial charge is 0.311 e. The van der Waals surface area contributed by atoms with Crippen LogP contribution in [0.4, 0.5) is 5.69 Å². The fourth-order valence-electron chi connectivity index (χ4n) is 4.05. The lowest BCUT2D eigenvalue weighted by Gasteiger charge is -2.26. The Hall–Kier alpha value is -0.880. The molecule has 0 N–H and O–H groups in total. The number of amides is 1. The second-order valence-electron chi connectivity index (χ2n) is 6.95. The van der Waals surface area contributed by atoms with E-state index in [1.54, 1.807) is 11.3 Å². The van der Waals surface area contributed by atoms with Crippen molar-refractivity contribution in [2.24, 2.45) is 11.3 Å². The Balaban J connectivity index is 1.52. The van der Waals surface area contributed by atoms with Gasteiger partial charge in [-0.1, -0.05) is 0 Å². The van der Waals surface area contributed by atoms with Gasteiger partial charge >= 0.3 is 0 Å². The molecule has 0 radical (unpaired) electrons. The molecule has 1 amide bonds. The van der Waals surface area contributed by atoms with E-state index >= 15 is 0 Å².